The molecule has 0 N–H and O–H groups in total. The van der Waals surface area contributed by atoms with Gasteiger partial charge in [0.05, 0.1) is 5.54 Å². The minimum absolute atomic E-state index is 0.0538. The Labute approximate surface area is 308 Å². The number of fused-ring (bicyclic) bond motifs is 10. The van der Waals surface area contributed by atoms with E-state index in [2.05, 4.69) is 146 Å². The van der Waals surface area contributed by atoms with Gasteiger partial charge in [-0.2, -0.15) is 0 Å². The third kappa shape index (κ3) is 3.92. The molecule has 0 bridgehead atoms. The standard InChI is InChI=1S/C48H57BN2/c1-43(2)23-24-44(3,4)33-27-30(17-18-31(33)43)50-39-20-19-32-42-41(39)49(37-28-34-35(29-40(37)50)46(7,8)26-25-45(34,5)6)36-15-11-12-16-38(36)51(42)48(10)22-14-13-21-47(32,48)9/h11-12,15-20,27-29H,13-14,21-26H2,1-10H3. The van der Waals surface area contributed by atoms with Gasteiger partial charge in [-0.25, -0.2) is 0 Å². The zero-order chi connectivity index (χ0) is 35.7. The summed E-state index contributed by atoms with van der Waals surface area (Å²) in [4.78, 5) is 5.58. The quantitative estimate of drug-likeness (QED) is 0.164. The molecule has 4 aromatic rings. The smallest absolute Gasteiger partial charge is 0.252 e. The molecule has 2 atom stereocenters. The predicted octanol–water partition coefficient (Wildman–Crippen LogP) is 10.7. The molecule has 3 heterocycles. The van der Waals surface area contributed by atoms with Crippen LogP contribution in [0.15, 0.2) is 66.7 Å². The fourth-order valence-corrected chi connectivity index (χ4v) is 12.3. The van der Waals surface area contributed by atoms with Crippen LogP contribution in [-0.4, -0.2) is 12.3 Å². The number of anilines is 5. The minimum atomic E-state index is 0.0538. The van der Waals surface area contributed by atoms with Gasteiger partial charge in [0.25, 0.3) is 6.71 Å². The molecule has 0 amide bonds. The van der Waals surface area contributed by atoms with Crippen LogP contribution in [-0.2, 0) is 27.1 Å². The summed E-state index contributed by atoms with van der Waals surface area (Å²) < 4.78 is 0. The molecule has 0 spiro atoms. The number of nitrogens with zero attached hydrogens (tertiary/aromatic N) is 2. The summed E-state index contributed by atoms with van der Waals surface area (Å²) in [6, 6.07) is 27.6. The highest BCUT2D eigenvalue weighted by Gasteiger charge is 2.61. The van der Waals surface area contributed by atoms with Crippen LogP contribution >= 0.6 is 0 Å². The lowest BCUT2D eigenvalue weighted by Crippen LogP contribution is -2.64. The van der Waals surface area contributed by atoms with Gasteiger partial charge in [-0.15, -0.1) is 0 Å². The van der Waals surface area contributed by atoms with Crippen LogP contribution in [0.5, 0.6) is 0 Å². The second-order valence-corrected chi connectivity index (χ2v) is 20.6. The topological polar surface area (TPSA) is 6.48 Å². The Morgan fingerprint density at radius 1 is 0.490 bits per heavy atom. The molecule has 0 aromatic heterocycles. The fourth-order valence-electron chi connectivity index (χ4n) is 12.3. The number of hydrogen-bond acceptors (Lipinski definition) is 2. The van der Waals surface area contributed by atoms with Crippen molar-refractivity contribution in [3.8, 4) is 0 Å². The molecule has 10 rings (SSSR count). The summed E-state index contributed by atoms with van der Waals surface area (Å²) >= 11 is 0. The molecule has 51 heavy (non-hydrogen) atoms. The van der Waals surface area contributed by atoms with E-state index in [9.17, 15) is 0 Å². The first-order chi connectivity index (χ1) is 24.0. The molecule has 6 aliphatic rings. The van der Waals surface area contributed by atoms with Crippen LogP contribution in [0.3, 0.4) is 0 Å². The zero-order valence-electron chi connectivity index (χ0n) is 33.0. The Bertz CT molecular complexity index is 2190. The van der Waals surface area contributed by atoms with Crippen LogP contribution in [0.2, 0.25) is 0 Å². The van der Waals surface area contributed by atoms with Gasteiger partial charge in [-0.3, -0.25) is 0 Å². The van der Waals surface area contributed by atoms with Gasteiger partial charge in [0.1, 0.15) is 0 Å². The van der Waals surface area contributed by atoms with Crippen molar-refractivity contribution < 1.29 is 0 Å². The van der Waals surface area contributed by atoms with Crippen molar-refractivity contribution in [2.45, 2.75) is 153 Å². The molecule has 1 fully saturated rings. The van der Waals surface area contributed by atoms with E-state index in [1.807, 2.05) is 0 Å². The zero-order valence-corrected chi connectivity index (χ0v) is 33.0. The maximum atomic E-state index is 2.86. The lowest BCUT2D eigenvalue weighted by Gasteiger charge is -2.52. The monoisotopic (exact) mass is 672 g/mol. The molecule has 2 nitrogen and oxygen atoms in total. The number of para-hydroxylation sites is 1. The lowest BCUT2D eigenvalue weighted by atomic mass is 9.33. The highest BCUT2D eigenvalue weighted by atomic mass is 15.3. The molecular formula is C48H57BN2. The molecular weight excluding hydrogens is 615 g/mol. The molecule has 3 aliphatic heterocycles. The normalized spacial score (nSPS) is 27.8. The van der Waals surface area contributed by atoms with E-state index in [1.165, 1.54) is 102 Å². The molecule has 262 valence electrons. The van der Waals surface area contributed by atoms with Crippen molar-refractivity contribution in [2.75, 3.05) is 9.80 Å². The minimum Gasteiger partial charge on any atom is -0.335 e. The van der Waals surface area contributed by atoms with Gasteiger partial charge < -0.3 is 9.80 Å². The SMILES string of the molecule is CC1(C)CCC(C)(C)c2cc(N3c4cc5c(cc4B4c6ccccc6N6c7c(ccc3c74)C3(C)CCCCC63C)C(C)(C)CCC5(C)C)ccc21. The predicted molar refractivity (Wildman–Crippen MR) is 219 cm³/mol. The van der Waals surface area contributed by atoms with Crippen molar-refractivity contribution in [3.63, 3.8) is 0 Å². The largest absolute Gasteiger partial charge is 0.335 e. The van der Waals surface area contributed by atoms with Crippen LogP contribution in [0.1, 0.15) is 148 Å². The summed E-state index contributed by atoms with van der Waals surface area (Å²) in [5.74, 6) is 0. The maximum Gasteiger partial charge on any atom is 0.252 e. The highest BCUT2D eigenvalue weighted by molar-refractivity contribution is 7.00. The number of rotatable bonds is 1. The molecule has 2 unspecified atom stereocenters. The Balaban J connectivity index is 1.32. The van der Waals surface area contributed by atoms with E-state index in [0.29, 0.717) is 0 Å². The molecule has 4 aromatic carbocycles. The number of benzene rings is 4. The third-order valence-electron chi connectivity index (χ3n) is 15.9. The van der Waals surface area contributed by atoms with Gasteiger partial charge in [-0.1, -0.05) is 112 Å². The van der Waals surface area contributed by atoms with E-state index in [1.54, 1.807) is 22.2 Å². The number of hydrogen-bond donors (Lipinski definition) is 0. The van der Waals surface area contributed by atoms with E-state index in [0.717, 1.165) is 0 Å². The van der Waals surface area contributed by atoms with Crippen LogP contribution in [0, 0.1) is 0 Å². The van der Waals surface area contributed by atoms with Gasteiger partial charge in [0.15, 0.2) is 0 Å². The van der Waals surface area contributed by atoms with E-state index in [-0.39, 0.29) is 39.3 Å². The van der Waals surface area contributed by atoms with Gasteiger partial charge in [-0.05, 0) is 142 Å². The second-order valence-electron chi connectivity index (χ2n) is 20.6. The summed E-state index contributed by atoms with van der Waals surface area (Å²) in [6.07, 6.45) is 10.0. The second kappa shape index (κ2) is 9.74. The summed E-state index contributed by atoms with van der Waals surface area (Å²) in [7, 11) is 0. The van der Waals surface area contributed by atoms with Gasteiger partial charge >= 0.3 is 0 Å². The Morgan fingerprint density at radius 2 is 1.08 bits per heavy atom. The summed E-state index contributed by atoms with van der Waals surface area (Å²) in [5, 5.41) is 0. The van der Waals surface area contributed by atoms with Crippen LogP contribution < -0.4 is 26.2 Å². The lowest BCUT2D eigenvalue weighted by molar-refractivity contribution is 0.195. The summed E-state index contributed by atoms with van der Waals surface area (Å²) in [5.41, 5.74) is 20.1. The molecule has 0 saturated heterocycles. The van der Waals surface area contributed by atoms with Crippen molar-refractivity contribution in [1.82, 2.24) is 0 Å². The highest BCUT2D eigenvalue weighted by Crippen LogP contribution is 2.62. The average molecular weight is 673 g/mol. The van der Waals surface area contributed by atoms with Gasteiger partial charge in [0.2, 0.25) is 0 Å². The van der Waals surface area contributed by atoms with Crippen molar-refractivity contribution in [3.05, 3.63) is 94.5 Å². The van der Waals surface area contributed by atoms with Crippen LogP contribution in [0.25, 0.3) is 0 Å². The van der Waals surface area contributed by atoms with E-state index in [4.69, 9.17) is 0 Å². The maximum absolute atomic E-state index is 2.86. The van der Waals surface area contributed by atoms with Crippen molar-refractivity contribution >= 4 is 51.5 Å². The fraction of sp³-hybridized carbons (Fsp3) is 0.500. The average Bonchev–Trinajstić information content (AvgIpc) is 3.31. The Hall–Kier alpha value is -3.46. The third-order valence-corrected chi connectivity index (χ3v) is 15.9. The van der Waals surface area contributed by atoms with Crippen molar-refractivity contribution in [2.24, 2.45) is 0 Å². The molecule has 0 radical (unpaired) electrons. The molecule has 3 heteroatoms. The molecule has 1 saturated carbocycles. The Kier molecular flexibility index (Phi) is 6.15. The van der Waals surface area contributed by atoms with E-state index < -0.39 is 0 Å². The summed E-state index contributed by atoms with van der Waals surface area (Å²) in [6.45, 7) is 25.2. The van der Waals surface area contributed by atoms with E-state index >= 15 is 0 Å². The first-order valence-electron chi connectivity index (χ1n) is 20.2. The van der Waals surface area contributed by atoms with Crippen molar-refractivity contribution in [1.29, 1.82) is 0 Å². The first-order valence-corrected chi connectivity index (χ1v) is 20.2. The Morgan fingerprint density at radius 3 is 1.78 bits per heavy atom. The first kappa shape index (κ1) is 32.2. The van der Waals surface area contributed by atoms with Crippen LogP contribution in [0.4, 0.5) is 28.4 Å². The van der Waals surface area contributed by atoms with Gasteiger partial charge in [0, 0.05) is 33.9 Å². The molecule has 3 aliphatic carbocycles.